The first-order valence-corrected chi connectivity index (χ1v) is 10.3. The fraction of sp³-hybridized carbons (Fsp3) is 0.773. The lowest BCUT2D eigenvalue weighted by atomic mass is 9.56. The van der Waals surface area contributed by atoms with Crippen LogP contribution in [0.2, 0.25) is 0 Å². The maximum atomic E-state index is 12.4. The van der Waals surface area contributed by atoms with E-state index in [4.69, 9.17) is 9.47 Å². The lowest BCUT2D eigenvalue weighted by molar-refractivity contribution is -0.149. The summed E-state index contributed by atoms with van der Waals surface area (Å²) >= 11 is 0. The highest BCUT2D eigenvalue weighted by atomic mass is 16.6. The molecule has 2 aliphatic carbocycles. The van der Waals surface area contributed by atoms with Crippen LogP contribution < -0.4 is 5.32 Å². The van der Waals surface area contributed by atoms with Gasteiger partial charge in [0.25, 0.3) is 0 Å². The quantitative estimate of drug-likeness (QED) is 0.728. The van der Waals surface area contributed by atoms with Gasteiger partial charge in [-0.2, -0.15) is 0 Å². The van der Waals surface area contributed by atoms with Crippen LogP contribution in [0.3, 0.4) is 0 Å². The van der Waals surface area contributed by atoms with Crippen molar-refractivity contribution in [2.24, 2.45) is 23.2 Å². The second-order valence-electron chi connectivity index (χ2n) is 8.60. The SMILES string of the molecule is C/C=C/C1OC[C@@]2(COC(=O)NC3CCCCC3)C(C)C=C(C)C1[C@@H]2C. The average molecular weight is 362 g/mol. The van der Waals surface area contributed by atoms with Gasteiger partial charge < -0.3 is 14.8 Å². The maximum absolute atomic E-state index is 12.4. The molecule has 0 aromatic heterocycles. The molecule has 3 aliphatic rings. The third kappa shape index (κ3) is 3.71. The molecule has 1 aliphatic heterocycles. The number of carbonyl (C=O) groups is 1. The molecule has 1 amide bonds. The summed E-state index contributed by atoms with van der Waals surface area (Å²) in [6, 6.07) is 0.284. The van der Waals surface area contributed by atoms with Gasteiger partial charge in [-0.25, -0.2) is 4.79 Å². The molecule has 0 aromatic rings. The van der Waals surface area contributed by atoms with Gasteiger partial charge in [-0.1, -0.05) is 56.9 Å². The smallest absolute Gasteiger partial charge is 0.407 e. The highest BCUT2D eigenvalue weighted by molar-refractivity contribution is 5.67. The van der Waals surface area contributed by atoms with Crippen LogP contribution in [0.5, 0.6) is 0 Å². The van der Waals surface area contributed by atoms with Gasteiger partial charge in [0.1, 0.15) is 6.61 Å². The Morgan fingerprint density at radius 2 is 2.08 bits per heavy atom. The lowest BCUT2D eigenvalue weighted by Crippen LogP contribution is -2.56. The molecule has 5 atom stereocenters. The summed E-state index contributed by atoms with van der Waals surface area (Å²) < 4.78 is 12.0. The number of allylic oxidation sites excluding steroid dienone is 2. The van der Waals surface area contributed by atoms with Crippen molar-refractivity contribution in [1.82, 2.24) is 5.32 Å². The van der Waals surface area contributed by atoms with Gasteiger partial charge >= 0.3 is 6.09 Å². The molecule has 146 valence electrons. The van der Waals surface area contributed by atoms with E-state index < -0.39 is 0 Å². The zero-order valence-electron chi connectivity index (χ0n) is 16.8. The number of nitrogens with one attached hydrogen (secondary N) is 1. The van der Waals surface area contributed by atoms with Crippen molar-refractivity contribution in [2.45, 2.75) is 71.9 Å². The number of carbonyl (C=O) groups excluding carboxylic acids is 1. The first kappa shape index (κ1) is 19.5. The minimum Gasteiger partial charge on any atom is -0.449 e. The fourth-order valence-electron chi connectivity index (χ4n) is 5.32. The lowest BCUT2D eigenvalue weighted by Gasteiger charge is -2.54. The van der Waals surface area contributed by atoms with E-state index in [-0.39, 0.29) is 23.7 Å². The van der Waals surface area contributed by atoms with Crippen molar-refractivity contribution in [1.29, 1.82) is 0 Å². The number of hydrogen-bond donors (Lipinski definition) is 1. The summed E-state index contributed by atoms with van der Waals surface area (Å²) in [5, 5.41) is 3.07. The van der Waals surface area contributed by atoms with E-state index in [1.807, 2.05) is 6.92 Å². The van der Waals surface area contributed by atoms with Crippen molar-refractivity contribution < 1.29 is 14.3 Å². The molecule has 4 nitrogen and oxygen atoms in total. The van der Waals surface area contributed by atoms with Crippen LogP contribution in [0.25, 0.3) is 0 Å². The van der Waals surface area contributed by atoms with Crippen LogP contribution in [0.15, 0.2) is 23.8 Å². The van der Waals surface area contributed by atoms with Crippen LogP contribution in [0, 0.1) is 23.2 Å². The van der Waals surface area contributed by atoms with Crippen molar-refractivity contribution >= 4 is 6.09 Å². The Hall–Kier alpha value is -1.29. The van der Waals surface area contributed by atoms with Crippen molar-refractivity contribution in [2.75, 3.05) is 13.2 Å². The Balaban J connectivity index is 1.66. The van der Waals surface area contributed by atoms with Gasteiger partial charge in [-0.05, 0) is 38.5 Å². The summed E-state index contributed by atoms with van der Waals surface area (Å²) in [6.45, 7) is 9.86. The molecule has 3 unspecified atom stereocenters. The molecular formula is C22H35NO3. The van der Waals surface area contributed by atoms with E-state index >= 15 is 0 Å². The molecule has 4 heteroatoms. The van der Waals surface area contributed by atoms with Gasteiger partial charge in [-0.3, -0.25) is 0 Å². The molecule has 2 fully saturated rings. The average Bonchev–Trinajstić information content (AvgIpc) is 2.61. The molecule has 1 heterocycles. The highest BCUT2D eigenvalue weighted by Gasteiger charge is 2.53. The number of alkyl carbamates (subject to hydrolysis) is 1. The molecule has 1 saturated carbocycles. The number of rotatable bonds is 4. The molecule has 3 rings (SSSR count). The molecule has 2 bridgehead atoms. The van der Waals surface area contributed by atoms with Crippen LogP contribution in [-0.4, -0.2) is 31.5 Å². The fourth-order valence-corrected chi connectivity index (χ4v) is 5.32. The van der Waals surface area contributed by atoms with Crippen molar-refractivity contribution in [3.05, 3.63) is 23.8 Å². The molecular weight excluding hydrogens is 326 g/mol. The Morgan fingerprint density at radius 1 is 1.35 bits per heavy atom. The molecule has 26 heavy (non-hydrogen) atoms. The molecule has 0 aromatic carbocycles. The Kier molecular flexibility index (Phi) is 6.11. The van der Waals surface area contributed by atoms with Gasteiger partial charge in [-0.15, -0.1) is 0 Å². The van der Waals surface area contributed by atoms with Crippen LogP contribution in [-0.2, 0) is 9.47 Å². The topological polar surface area (TPSA) is 47.6 Å². The zero-order chi connectivity index (χ0) is 18.7. The van der Waals surface area contributed by atoms with E-state index in [1.165, 1.54) is 24.8 Å². The Morgan fingerprint density at radius 3 is 2.77 bits per heavy atom. The molecule has 1 saturated heterocycles. The summed E-state index contributed by atoms with van der Waals surface area (Å²) in [6.07, 6.45) is 12.3. The number of amides is 1. The summed E-state index contributed by atoms with van der Waals surface area (Å²) in [4.78, 5) is 12.4. The molecule has 0 spiro atoms. The molecule has 0 radical (unpaired) electrons. The second-order valence-corrected chi connectivity index (χ2v) is 8.60. The van der Waals surface area contributed by atoms with E-state index in [0.717, 1.165) is 12.8 Å². The van der Waals surface area contributed by atoms with Crippen molar-refractivity contribution in [3.8, 4) is 0 Å². The normalized spacial score (nSPS) is 38.1. The first-order valence-electron chi connectivity index (χ1n) is 10.3. The van der Waals surface area contributed by atoms with E-state index in [2.05, 4.69) is 44.3 Å². The van der Waals surface area contributed by atoms with Gasteiger partial charge in [0, 0.05) is 17.4 Å². The maximum Gasteiger partial charge on any atom is 0.407 e. The Bertz CT molecular complexity index is 564. The minimum absolute atomic E-state index is 0.128. The number of hydrogen-bond acceptors (Lipinski definition) is 3. The highest BCUT2D eigenvalue weighted by Crippen LogP contribution is 2.52. The monoisotopic (exact) mass is 361 g/mol. The third-order valence-corrected chi connectivity index (χ3v) is 7.07. The Labute approximate surface area is 158 Å². The van der Waals surface area contributed by atoms with Gasteiger partial charge in [0.2, 0.25) is 0 Å². The van der Waals surface area contributed by atoms with Crippen LogP contribution in [0.1, 0.15) is 59.8 Å². The number of ether oxygens (including phenoxy) is 2. The van der Waals surface area contributed by atoms with Crippen LogP contribution >= 0.6 is 0 Å². The van der Waals surface area contributed by atoms with Crippen molar-refractivity contribution in [3.63, 3.8) is 0 Å². The van der Waals surface area contributed by atoms with E-state index in [9.17, 15) is 4.79 Å². The zero-order valence-corrected chi connectivity index (χ0v) is 16.8. The first-order chi connectivity index (χ1) is 12.5. The standard InChI is InChI=1S/C22H35NO3/c1-5-9-19-20-15(2)12-16(3)22(13-25-19,17(20)4)14-26-21(24)23-18-10-7-6-8-11-18/h5,9,12,16-20H,6-8,10-11,13-14H2,1-4H3,(H,23,24)/b9-5+/t16?,17-,19?,20?,22+/m0/s1. The van der Waals surface area contributed by atoms with Gasteiger partial charge in [0.15, 0.2) is 0 Å². The van der Waals surface area contributed by atoms with E-state index in [1.54, 1.807) is 0 Å². The predicted octanol–water partition coefficient (Wildman–Crippen LogP) is 4.85. The largest absolute Gasteiger partial charge is 0.449 e. The number of fused-ring (bicyclic) bond motifs is 2. The second kappa shape index (κ2) is 8.16. The summed E-state index contributed by atoms with van der Waals surface area (Å²) in [5.41, 5.74) is 1.27. The minimum atomic E-state index is -0.260. The van der Waals surface area contributed by atoms with Crippen LogP contribution in [0.4, 0.5) is 4.79 Å². The third-order valence-electron chi connectivity index (χ3n) is 7.07. The van der Waals surface area contributed by atoms with Gasteiger partial charge in [0.05, 0.1) is 12.7 Å². The summed E-state index contributed by atoms with van der Waals surface area (Å²) in [5.74, 6) is 1.11. The molecule has 1 N–H and O–H groups in total. The summed E-state index contributed by atoms with van der Waals surface area (Å²) in [7, 11) is 0. The van der Waals surface area contributed by atoms with E-state index in [0.29, 0.717) is 31.0 Å². The predicted molar refractivity (Wildman–Crippen MR) is 104 cm³/mol.